The number of nitrogens with two attached hydrogens (primary N) is 1. The largest absolute Gasteiger partial charge is 0.351 e. The number of hydrogen-bond donors (Lipinski definition) is 2. The van der Waals surface area contributed by atoms with Crippen molar-refractivity contribution in [1.29, 1.82) is 0 Å². The van der Waals surface area contributed by atoms with Crippen molar-refractivity contribution in [2.75, 3.05) is 6.54 Å². The van der Waals surface area contributed by atoms with Crippen molar-refractivity contribution in [3.05, 3.63) is 23.5 Å². The molecule has 0 bridgehead atoms. The molecule has 0 saturated heterocycles. The Bertz CT molecular complexity index is 410. The van der Waals surface area contributed by atoms with Crippen LogP contribution in [0.1, 0.15) is 38.1 Å². The van der Waals surface area contributed by atoms with Gasteiger partial charge < -0.3 is 15.6 Å². The van der Waals surface area contributed by atoms with Gasteiger partial charge in [0.15, 0.2) is 0 Å². The van der Waals surface area contributed by atoms with Crippen molar-refractivity contribution in [2.45, 2.75) is 40.2 Å². The van der Waals surface area contributed by atoms with E-state index in [-0.39, 0.29) is 11.8 Å². The monoisotopic (exact) mass is 265 g/mol. The van der Waals surface area contributed by atoms with Gasteiger partial charge in [-0.3, -0.25) is 4.79 Å². The maximum Gasteiger partial charge on any atom is 0.220 e. The molecule has 0 aliphatic carbocycles. The van der Waals surface area contributed by atoms with Crippen molar-refractivity contribution in [2.24, 2.45) is 24.6 Å². The van der Waals surface area contributed by atoms with Crippen LogP contribution < -0.4 is 11.1 Å². The van der Waals surface area contributed by atoms with Crippen LogP contribution in [0.3, 0.4) is 0 Å². The van der Waals surface area contributed by atoms with Gasteiger partial charge in [-0.2, -0.15) is 0 Å². The summed E-state index contributed by atoms with van der Waals surface area (Å²) in [6.07, 6.45) is 1.53. The van der Waals surface area contributed by atoms with Crippen LogP contribution in [0.2, 0.25) is 0 Å². The normalized spacial score (nSPS) is 12.7. The predicted molar refractivity (Wildman–Crippen MR) is 78.6 cm³/mol. The second kappa shape index (κ2) is 7.34. The van der Waals surface area contributed by atoms with Crippen LogP contribution in [-0.2, 0) is 18.4 Å². The minimum absolute atomic E-state index is 0.0925. The Morgan fingerprint density at radius 2 is 2.11 bits per heavy atom. The zero-order valence-corrected chi connectivity index (χ0v) is 12.6. The number of aryl methyl sites for hydroxylation is 1. The number of aromatic nitrogens is 1. The van der Waals surface area contributed by atoms with E-state index >= 15 is 0 Å². The number of rotatable bonds is 7. The summed E-state index contributed by atoms with van der Waals surface area (Å²) in [6.45, 7) is 7.54. The molecule has 0 aromatic carbocycles. The van der Waals surface area contributed by atoms with Gasteiger partial charge in [0.2, 0.25) is 5.91 Å². The smallest absolute Gasteiger partial charge is 0.220 e. The topological polar surface area (TPSA) is 60.1 Å². The Kier molecular flexibility index (Phi) is 6.09. The van der Waals surface area contributed by atoms with Gasteiger partial charge in [0.05, 0.1) is 6.54 Å². The zero-order chi connectivity index (χ0) is 14.4. The molecule has 1 rings (SSSR count). The molecule has 4 heteroatoms. The molecule has 1 aromatic rings. The fourth-order valence-corrected chi connectivity index (χ4v) is 2.30. The summed E-state index contributed by atoms with van der Waals surface area (Å²) >= 11 is 0. The van der Waals surface area contributed by atoms with Gasteiger partial charge in [-0.1, -0.05) is 13.8 Å². The van der Waals surface area contributed by atoms with Gasteiger partial charge in [-0.05, 0) is 43.9 Å². The van der Waals surface area contributed by atoms with E-state index in [0.29, 0.717) is 25.4 Å². The highest BCUT2D eigenvalue weighted by Gasteiger charge is 2.14. The van der Waals surface area contributed by atoms with Gasteiger partial charge in [0.25, 0.3) is 0 Å². The molecular weight excluding hydrogens is 238 g/mol. The van der Waals surface area contributed by atoms with Crippen LogP contribution in [-0.4, -0.2) is 17.0 Å². The molecule has 0 fully saturated rings. The van der Waals surface area contributed by atoms with E-state index in [0.717, 1.165) is 12.1 Å². The summed E-state index contributed by atoms with van der Waals surface area (Å²) in [5.41, 5.74) is 8.04. The molecule has 1 amide bonds. The van der Waals surface area contributed by atoms with Crippen molar-refractivity contribution < 1.29 is 4.79 Å². The Labute approximate surface area is 116 Å². The van der Waals surface area contributed by atoms with Crippen molar-refractivity contribution in [1.82, 2.24) is 9.88 Å². The number of hydrogen-bond acceptors (Lipinski definition) is 2. The lowest BCUT2D eigenvalue weighted by Gasteiger charge is -2.16. The van der Waals surface area contributed by atoms with Crippen LogP contribution in [0.15, 0.2) is 12.1 Å². The summed E-state index contributed by atoms with van der Waals surface area (Å²) in [5, 5.41) is 2.98. The van der Waals surface area contributed by atoms with E-state index < -0.39 is 0 Å². The average molecular weight is 265 g/mol. The molecule has 4 nitrogen and oxygen atoms in total. The fraction of sp³-hybridized carbons (Fsp3) is 0.667. The molecular formula is C15H27N3O. The van der Waals surface area contributed by atoms with E-state index in [1.807, 2.05) is 13.1 Å². The first-order valence-corrected chi connectivity index (χ1v) is 7.02. The average Bonchev–Trinajstić information content (AvgIpc) is 2.66. The highest BCUT2D eigenvalue weighted by molar-refractivity contribution is 5.76. The Hall–Kier alpha value is -1.29. The summed E-state index contributed by atoms with van der Waals surface area (Å²) in [6, 6.07) is 4.10. The first-order chi connectivity index (χ1) is 8.93. The lowest BCUT2D eigenvalue weighted by molar-refractivity contribution is -0.122. The number of carbonyl (C=O) groups is 1. The lowest BCUT2D eigenvalue weighted by Crippen LogP contribution is -2.29. The molecule has 0 radical (unpaired) electrons. The van der Waals surface area contributed by atoms with E-state index in [2.05, 4.69) is 36.7 Å². The quantitative estimate of drug-likeness (QED) is 0.791. The van der Waals surface area contributed by atoms with E-state index in [1.165, 1.54) is 5.69 Å². The number of nitrogens with one attached hydrogen (secondary N) is 1. The second-order valence-electron chi connectivity index (χ2n) is 5.74. The van der Waals surface area contributed by atoms with Gasteiger partial charge in [-0.25, -0.2) is 0 Å². The van der Waals surface area contributed by atoms with Gasteiger partial charge in [0, 0.05) is 24.9 Å². The Balaban J connectivity index is 2.40. The fourth-order valence-electron chi connectivity index (χ4n) is 2.30. The molecule has 1 unspecified atom stereocenters. The third-order valence-corrected chi connectivity index (χ3v) is 3.56. The molecule has 0 spiro atoms. The van der Waals surface area contributed by atoms with Crippen LogP contribution in [0.5, 0.6) is 0 Å². The van der Waals surface area contributed by atoms with E-state index in [9.17, 15) is 4.79 Å². The molecule has 3 N–H and O–H groups in total. The molecule has 0 saturated carbocycles. The second-order valence-corrected chi connectivity index (χ2v) is 5.74. The summed E-state index contributed by atoms with van der Waals surface area (Å²) < 4.78 is 2.09. The first kappa shape index (κ1) is 15.8. The summed E-state index contributed by atoms with van der Waals surface area (Å²) in [7, 11) is 2.01. The minimum atomic E-state index is 0.0925. The third kappa shape index (κ3) is 5.07. The molecule has 1 atom stereocenters. The van der Waals surface area contributed by atoms with E-state index in [1.54, 1.807) is 0 Å². The molecule has 0 aliphatic rings. The Morgan fingerprint density at radius 1 is 1.42 bits per heavy atom. The van der Waals surface area contributed by atoms with E-state index in [4.69, 9.17) is 5.73 Å². The van der Waals surface area contributed by atoms with Crippen LogP contribution in [0.25, 0.3) is 0 Å². The third-order valence-electron chi connectivity index (χ3n) is 3.56. The number of nitrogens with zero attached hydrogens (tertiary/aromatic N) is 1. The maximum atomic E-state index is 11.9. The molecule has 1 aromatic heterocycles. The number of carbonyl (C=O) groups excluding carboxylic acids is 1. The highest BCUT2D eigenvalue weighted by Crippen LogP contribution is 2.14. The van der Waals surface area contributed by atoms with Crippen LogP contribution in [0, 0.1) is 18.8 Å². The SMILES string of the molecule is Cc1ccc(CNC(=O)CC(CN)CC(C)C)n1C. The maximum absolute atomic E-state index is 11.9. The van der Waals surface area contributed by atoms with Crippen molar-refractivity contribution >= 4 is 5.91 Å². The van der Waals surface area contributed by atoms with Crippen LogP contribution in [0.4, 0.5) is 0 Å². The van der Waals surface area contributed by atoms with Gasteiger partial charge >= 0.3 is 0 Å². The summed E-state index contributed by atoms with van der Waals surface area (Å²) in [5.74, 6) is 0.960. The zero-order valence-electron chi connectivity index (χ0n) is 12.6. The molecule has 1 heterocycles. The van der Waals surface area contributed by atoms with Crippen LogP contribution >= 0.6 is 0 Å². The first-order valence-electron chi connectivity index (χ1n) is 7.02. The predicted octanol–water partition coefficient (Wildman–Crippen LogP) is 1.96. The lowest BCUT2D eigenvalue weighted by atomic mass is 9.94. The highest BCUT2D eigenvalue weighted by atomic mass is 16.1. The van der Waals surface area contributed by atoms with Gasteiger partial charge in [0.1, 0.15) is 0 Å². The Morgan fingerprint density at radius 3 is 2.58 bits per heavy atom. The minimum Gasteiger partial charge on any atom is -0.351 e. The van der Waals surface area contributed by atoms with Crippen molar-refractivity contribution in [3.8, 4) is 0 Å². The molecule has 19 heavy (non-hydrogen) atoms. The standard InChI is InChI=1S/C15H27N3O/c1-11(2)7-13(9-16)8-15(19)17-10-14-6-5-12(3)18(14)4/h5-6,11,13H,7-10,16H2,1-4H3,(H,17,19). The summed E-state index contributed by atoms with van der Waals surface area (Å²) in [4.78, 5) is 11.9. The molecule has 108 valence electrons. The van der Waals surface area contributed by atoms with Gasteiger partial charge in [-0.15, -0.1) is 0 Å². The number of amides is 1. The molecule has 0 aliphatic heterocycles. The van der Waals surface area contributed by atoms with Crippen molar-refractivity contribution in [3.63, 3.8) is 0 Å².